The molecule has 1 aliphatic heterocycles. The van der Waals surface area contributed by atoms with Gasteiger partial charge in [-0.3, -0.25) is 4.79 Å². The van der Waals surface area contributed by atoms with Gasteiger partial charge < -0.3 is 10.2 Å². The summed E-state index contributed by atoms with van der Waals surface area (Å²) in [6.45, 7) is 5.21. The molecule has 1 aromatic heterocycles. The molecule has 1 N–H and O–H groups in total. The van der Waals surface area contributed by atoms with E-state index in [0.29, 0.717) is 11.8 Å². The van der Waals surface area contributed by atoms with Crippen LogP contribution in [0.2, 0.25) is 0 Å². The van der Waals surface area contributed by atoms with Crippen molar-refractivity contribution in [3.8, 4) is 0 Å². The number of aromatic nitrogens is 2. The van der Waals surface area contributed by atoms with Crippen LogP contribution in [0.25, 0.3) is 0 Å². The monoisotopic (exact) mass is 390 g/mol. The maximum absolute atomic E-state index is 12.5. The number of nitrogens with zero attached hydrogens (tertiary/aromatic N) is 3. The minimum Gasteiger partial charge on any atom is -0.339 e. The van der Waals surface area contributed by atoms with Crippen LogP contribution >= 0.6 is 23.1 Å². The second kappa shape index (κ2) is 9.37. The van der Waals surface area contributed by atoms with Gasteiger partial charge in [-0.05, 0) is 49.8 Å². The zero-order valence-electron chi connectivity index (χ0n) is 15.4. The Morgan fingerprint density at radius 2 is 2.08 bits per heavy atom. The number of benzene rings is 1. The fourth-order valence-electron chi connectivity index (χ4n) is 3.23. The molecule has 140 valence electrons. The van der Waals surface area contributed by atoms with Crippen LogP contribution in [0.5, 0.6) is 0 Å². The van der Waals surface area contributed by atoms with Crippen molar-refractivity contribution in [1.29, 1.82) is 0 Å². The van der Waals surface area contributed by atoms with Crippen LogP contribution in [0.4, 0.5) is 10.8 Å². The first-order valence-electron chi connectivity index (χ1n) is 9.31. The van der Waals surface area contributed by atoms with Gasteiger partial charge in [0.15, 0.2) is 4.34 Å². The Hall–Kier alpha value is -1.60. The van der Waals surface area contributed by atoms with Crippen LogP contribution in [0, 0.1) is 0 Å². The summed E-state index contributed by atoms with van der Waals surface area (Å²) in [5.74, 6) is 0.664. The molecule has 7 heteroatoms. The van der Waals surface area contributed by atoms with Crippen LogP contribution < -0.4 is 5.32 Å². The average molecular weight is 391 g/mol. The average Bonchev–Trinajstić information content (AvgIpc) is 3.14. The van der Waals surface area contributed by atoms with E-state index in [4.69, 9.17) is 0 Å². The van der Waals surface area contributed by atoms with E-state index < -0.39 is 0 Å². The van der Waals surface area contributed by atoms with Crippen LogP contribution in [0.1, 0.15) is 45.1 Å². The third-order valence-corrected chi connectivity index (χ3v) is 6.71. The molecule has 5 nitrogen and oxygen atoms in total. The van der Waals surface area contributed by atoms with Gasteiger partial charge >= 0.3 is 0 Å². The van der Waals surface area contributed by atoms with E-state index >= 15 is 0 Å². The summed E-state index contributed by atoms with van der Waals surface area (Å²) in [5.41, 5.74) is 2.32. The summed E-state index contributed by atoms with van der Waals surface area (Å²) in [4.78, 5) is 14.6. The first-order chi connectivity index (χ1) is 12.7. The van der Waals surface area contributed by atoms with Crippen LogP contribution in [0.15, 0.2) is 28.6 Å². The molecule has 0 unspecified atom stereocenters. The number of thioether (sulfide) groups is 1. The summed E-state index contributed by atoms with van der Waals surface area (Å²) < 4.78 is 0.830. The molecule has 0 spiro atoms. The standard InChI is InChI=1S/C19H26N4OS2/c1-3-14-8-10-15(11-9-14)20-18-21-22-19(26-18)25-13-17(24)23-12-6-5-7-16(23)4-2/h8-11,16H,3-7,12-13H2,1-2H3,(H,20,21)/t16-/m1/s1. The van der Waals surface area contributed by atoms with E-state index in [1.807, 2.05) is 0 Å². The molecule has 2 aromatic rings. The summed E-state index contributed by atoms with van der Waals surface area (Å²) in [7, 11) is 0. The predicted molar refractivity (Wildman–Crippen MR) is 109 cm³/mol. The second-order valence-electron chi connectivity index (χ2n) is 6.48. The third kappa shape index (κ3) is 4.98. The van der Waals surface area contributed by atoms with Crippen LogP contribution in [-0.4, -0.2) is 39.3 Å². The van der Waals surface area contributed by atoms with Gasteiger partial charge in [0.2, 0.25) is 11.0 Å². The fourth-order valence-corrected chi connectivity index (χ4v) is 4.88. The molecule has 1 fully saturated rings. The molecule has 3 rings (SSSR count). The highest BCUT2D eigenvalue weighted by Gasteiger charge is 2.25. The smallest absolute Gasteiger partial charge is 0.233 e. The van der Waals surface area contributed by atoms with Gasteiger partial charge in [0.25, 0.3) is 0 Å². The van der Waals surface area contributed by atoms with E-state index in [1.54, 1.807) is 0 Å². The molecule has 2 heterocycles. The Labute approximate surface area is 163 Å². The summed E-state index contributed by atoms with van der Waals surface area (Å²) in [6, 6.07) is 8.74. The molecular formula is C19H26N4OS2. The van der Waals surface area contributed by atoms with E-state index in [1.165, 1.54) is 35.1 Å². The number of carbonyl (C=O) groups is 1. The molecule has 1 saturated heterocycles. The minimum absolute atomic E-state index is 0.224. The van der Waals surface area contributed by atoms with Crippen molar-refractivity contribution in [2.75, 3.05) is 17.6 Å². The predicted octanol–water partition coefficient (Wildman–Crippen LogP) is 4.73. The maximum Gasteiger partial charge on any atom is 0.233 e. The van der Waals surface area contributed by atoms with Crippen LogP contribution in [0.3, 0.4) is 0 Å². The maximum atomic E-state index is 12.5. The van der Waals surface area contributed by atoms with E-state index in [9.17, 15) is 4.79 Å². The number of hydrogen-bond acceptors (Lipinski definition) is 6. The Kier molecular flexibility index (Phi) is 6.91. The zero-order valence-corrected chi connectivity index (χ0v) is 17.0. The van der Waals surface area contributed by atoms with Crippen molar-refractivity contribution in [2.45, 2.75) is 56.3 Å². The van der Waals surface area contributed by atoms with Crippen LogP contribution in [-0.2, 0) is 11.2 Å². The van der Waals surface area contributed by atoms with Crippen molar-refractivity contribution in [3.63, 3.8) is 0 Å². The van der Waals surface area contributed by atoms with E-state index in [-0.39, 0.29) is 5.91 Å². The van der Waals surface area contributed by atoms with Crippen molar-refractivity contribution in [2.24, 2.45) is 0 Å². The van der Waals surface area contributed by atoms with Crippen molar-refractivity contribution >= 4 is 39.8 Å². The number of carbonyl (C=O) groups excluding carboxylic acids is 1. The lowest BCUT2D eigenvalue weighted by Gasteiger charge is -2.35. The lowest BCUT2D eigenvalue weighted by Crippen LogP contribution is -2.44. The summed E-state index contributed by atoms with van der Waals surface area (Å²) >= 11 is 2.98. The number of nitrogens with one attached hydrogen (secondary N) is 1. The molecule has 1 aromatic carbocycles. The number of amides is 1. The number of anilines is 2. The fraction of sp³-hybridized carbons (Fsp3) is 0.526. The zero-order chi connectivity index (χ0) is 18.4. The first-order valence-corrected chi connectivity index (χ1v) is 11.1. The van der Waals surface area contributed by atoms with Crippen molar-refractivity contribution in [1.82, 2.24) is 15.1 Å². The molecule has 26 heavy (non-hydrogen) atoms. The third-order valence-electron chi connectivity index (χ3n) is 4.76. The number of hydrogen-bond donors (Lipinski definition) is 1. The topological polar surface area (TPSA) is 58.1 Å². The quantitative estimate of drug-likeness (QED) is 0.693. The van der Waals surface area contributed by atoms with Gasteiger partial charge in [0.1, 0.15) is 0 Å². The first kappa shape index (κ1) is 19.2. The molecule has 0 radical (unpaired) electrons. The molecule has 0 aliphatic carbocycles. The molecule has 1 atom stereocenters. The van der Waals surface area contributed by atoms with Gasteiger partial charge in [-0.25, -0.2) is 0 Å². The van der Waals surface area contributed by atoms with Gasteiger partial charge in [0.05, 0.1) is 5.75 Å². The molecule has 1 amide bonds. The highest BCUT2D eigenvalue weighted by Crippen LogP contribution is 2.29. The van der Waals surface area contributed by atoms with Gasteiger partial charge in [0, 0.05) is 18.3 Å². The Morgan fingerprint density at radius 3 is 2.81 bits per heavy atom. The highest BCUT2D eigenvalue weighted by atomic mass is 32.2. The summed E-state index contributed by atoms with van der Waals surface area (Å²) in [5, 5.41) is 12.4. The van der Waals surface area contributed by atoms with Gasteiger partial charge in [-0.15, -0.1) is 10.2 Å². The highest BCUT2D eigenvalue weighted by molar-refractivity contribution is 8.01. The number of likely N-dealkylation sites (tertiary alicyclic amines) is 1. The lowest BCUT2D eigenvalue weighted by molar-refractivity contribution is -0.132. The molecule has 1 aliphatic rings. The van der Waals surface area contributed by atoms with Gasteiger partial charge in [-0.2, -0.15) is 0 Å². The second-order valence-corrected chi connectivity index (χ2v) is 8.68. The lowest BCUT2D eigenvalue weighted by atomic mass is 10.0. The number of piperidine rings is 1. The number of aryl methyl sites for hydroxylation is 1. The largest absolute Gasteiger partial charge is 0.339 e. The Morgan fingerprint density at radius 1 is 1.27 bits per heavy atom. The van der Waals surface area contributed by atoms with Gasteiger partial charge in [-0.1, -0.05) is 49.1 Å². The van der Waals surface area contributed by atoms with Crippen molar-refractivity contribution in [3.05, 3.63) is 29.8 Å². The Balaban J connectivity index is 1.52. The summed E-state index contributed by atoms with van der Waals surface area (Å²) in [6.07, 6.45) is 5.57. The molecular weight excluding hydrogens is 364 g/mol. The molecule has 0 bridgehead atoms. The normalized spacial score (nSPS) is 17.3. The number of rotatable bonds is 7. The molecule has 0 saturated carbocycles. The SMILES string of the molecule is CCc1ccc(Nc2nnc(SCC(=O)N3CCCC[C@H]3CC)s2)cc1. The Bertz CT molecular complexity index is 717. The van der Waals surface area contributed by atoms with E-state index in [0.717, 1.165) is 47.4 Å². The minimum atomic E-state index is 0.224. The van der Waals surface area contributed by atoms with Crippen molar-refractivity contribution < 1.29 is 4.79 Å². The van der Waals surface area contributed by atoms with E-state index in [2.05, 4.69) is 58.5 Å².